The number of carbonyl (C=O) groups is 2. The van der Waals surface area contributed by atoms with Crippen molar-refractivity contribution < 1.29 is 19.4 Å². The quantitative estimate of drug-likeness (QED) is 0.745. The number of aromatic nitrogens is 2. The molecule has 136 valence electrons. The Morgan fingerprint density at radius 2 is 2.23 bits per heavy atom. The summed E-state index contributed by atoms with van der Waals surface area (Å²) in [5.41, 5.74) is 2.99. The van der Waals surface area contributed by atoms with Gasteiger partial charge in [-0.15, -0.1) is 0 Å². The molecule has 26 heavy (non-hydrogen) atoms. The number of anilines is 1. The summed E-state index contributed by atoms with van der Waals surface area (Å²) in [5, 5.41) is 12.2. The lowest BCUT2D eigenvalue weighted by atomic mass is 10.1. The predicted molar refractivity (Wildman–Crippen MR) is 94.6 cm³/mol. The van der Waals surface area contributed by atoms with Crippen LogP contribution in [0.4, 0.5) is 5.69 Å². The van der Waals surface area contributed by atoms with Crippen LogP contribution < -0.4 is 5.32 Å². The lowest BCUT2D eigenvalue weighted by molar-refractivity contribution is -0.136. The molecule has 0 saturated carbocycles. The lowest BCUT2D eigenvalue weighted by Crippen LogP contribution is -2.31. The Bertz CT molecular complexity index is 858. The fourth-order valence-corrected chi connectivity index (χ4v) is 2.84. The first-order chi connectivity index (χ1) is 12.5. The minimum Gasteiger partial charge on any atom is -0.466 e. The fraction of sp³-hybridized carbons (Fsp3) is 0.278. The van der Waals surface area contributed by atoms with Crippen LogP contribution in [-0.2, 0) is 14.3 Å². The Labute approximate surface area is 150 Å². The second-order valence-corrected chi connectivity index (χ2v) is 5.89. The smallest absolute Gasteiger partial charge is 0.337 e. The molecule has 1 aromatic heterocycles. The Hall–Kier alpha value is -3.13. The average molecular weight is 356 g/mol. The number of methoxy groups -OCH3 is 1. The molecule has 0 bridgehead atoms. The number of aryl methyl sites for hydroxylation is 1. The highest BCUT2D eigenvalue weighted by atomic mass is 16.5. The monoisotopic (exact) mass is 356 g/mol. The van der Waals surface area contributed by atoms with Crippen molar-refractivity contribution in [3.8, 4) is 5.69 Å². The van der Waals surface area contributed by atoms with E-state index in [2.05, 4.69) is 10.3 Å². The van der Waals surface area contributed by atoms with Crippen molar-refractivity contribution in [2.75, 3.05) is 32.1 Å². The SMILES string of the molecule is COC(=O)C1=C(Nc2ccc(-n3ccnc3)cc2C)C(=O)N(CCO)C1. The maximum Gasteiger partial charge on any atom is 0.337 e. The molecule has 2 N–H and O–H groups in total. The number of carbonyl (C=O) groups excluding carboxylic acids is 2. The molecule has 2 aromatic rings. The Morgan fingerprint density at radius 1 is 1.42 bits per heavy atom. The predicted octanol–water partition coefficient (Wildman–Crippen LogP) is 0.854. The zero-order chi connectivity index (χ0) is 18.7. The molecule has 0 unspecified atom stereocenters. The summed E-state index contributed by atoms with van der Waals surface area (Å²) in [6.07, 6.45) is 5.24. The molecular weight excluding hydrogens is 336 g/mol. The first-order valence-corrected chi connectivity index (χ1v) is 8.12. The van der Waals surface area contributed by atoms with Gasteiger partial charge in [0.1, 0.15) is 5.70 Å². The van der Waals surface area contributed by atoms with Gasteiger partial charge in [0.15, 0.2) is 0 Å². The molecule has 0 saturated heterocycles. The van der Waals surface area contributed by atoms with Crippen LogP contribution in [0.2, 0.25) is 0 Å². The maximum atomic E-state index is 12.6. The van der Waals surface area contributed by atoms with Gasteiger partial charge in [-0.3, -0.25) is 4.79 Å². The molecule has 0 fully saturated rings. The van der Waals surface area contributed by atoms with E-state index >= 15 is 0 Å². The molecule has 0 atom stereocenters. The van der Waals surface area contributed by atoms with Gasteiger partial charge >= 0.3 is 5.97 Å². The molecule has 1 aromatic carbocycles. The van der Waals surface area contributed by atoms with Crippen molar-refractivity contribution in [2.45, 2.75) is 6.92 Å². The summed E-state index contributed by atoms with van der Waals surface area (Å²) in [4.78, 5) is 30.0. The Balaban J connectivity index is 1.90. The molecule has 1 amide bonds. The van der Waals surface area contributed by atoms with Crippen molar-refractivity contribution in [1.82, 2.24) is 14.5 Å². The number of amides is 1. The van der Waals surface area contributed by atoms with Gasteiger partial charge in [-0.1, -0.05) is 0 Å². The molecule has 8 heteroatoms. The topological polar surface area (TPSA) is 96.7 Å². The van der Waals surface area contributed by atoms with Gasteiger partial charge in [0.25, 0.3) is 5.91 Å². The Morgan fingerprint density at radius 3 is 2.85 bits per heavy atom. The van der Waals surface area contributed by atoms with E-state index in [1.54, 1.807) is 12.5 Å². The van der Waals surface area contributed by atoms with Crippen LogP contribution >= 0.6 is 0 Å². The van der Waals surface area contributed by atoms with Gasteiger partial charge in [0.05, 0.1) is 32.2 Å². The average Bonchev–Trinajstić information content (AvgIpc) is 3.27. The molecule has 0 radical (unpaired) electrons. The number of rotatable bonds is 6. The summed E-state index contributed by atoms with van der Waals surface area (Å²) < 4.78 is 6.66. The zero-order valence-corrected chi connectivity index (χ0v) is 14.6. The van der Waals surface area contributed by atoms with Gasteiger partial charge in [-0.25, -0.2) is 9.78 Å². The van der Waals surface area contributed by atoms with E-state index in [1.165, 1.54) is 12.0 Å². The third-order valence-electron chi connectivity index (χ3n) is 4.23. The number of hydrogen-bond acceptors (Lipinski definition) is 6. The number of hydrogen-bond donors (Lipinski definition) is 2. The molecule has 0 spiro atoms. The minimum atomic E-state index is -0.561. The largest absolute Gasteiger partial charge is 0.466 e. The summed E-state index contributed by atoms with van der Waals surface area (Å²) in [7, 11) is 1.28. The molecule has 8 nitrogen and oxygen atoms in total. The number of imidazole rings is 1. The van der Waals surface area contributed by atoms with Gasteiger partial charge < -0.3 is 24.6 Å². The van der Waals surface area contributed by atoms with Gasteiger partial charge in [0, 0.05) is 30.3 Å². The lowest BCUT2D eigenvalue weighted by Gasteiger charge is -2.16. The Kier molecular flexibility index (Phi) is 5.04. The molecule has 1 aliphatic rings. The summed E-state index contributed by atoms with van der Waals surface area (Å²) >= 11 is 0. The number of aliphatic hydroxyl groups is 1. The second kappa shape index (κ2) is 7.40. The van der Waals surface area contributed by atoms with Crippen molar-refractivity contribution in [3.63, 3.8) is 0 Å². The summed E-state index contributed by atoms with van der Waals surface area (Å²) in [6.45, 7) is 2.00. The number of benzene rings is 1. The number of nitrogens with one attached hydrogen (secondary N) is 1. The third-order valence-corrected chi connectivity index (χ3v) is 4.23. The van der Waals surface area contributed by atoms with Crippen LogP contribution in [-0.4, -0.2) is 58.2 Å². The van der Waals surface area contributed by atoms with Crippen LogP contribution in [0.15, 0.2) is 48.2 Å². The van der Waals surface area contributed by atoms with Gasteiger partial charge in [0.2, 0.25) is 0 Å². The van der Waals surface area contributed by atoms with E-state index in [4.69, 9.17) is 9.84 Å². The second-order valence-electron chi connectivity index (χ2n) is 5.89. The van der Waals surface area contributed by atoms with Crippen LogP contribution in [0.1, 0.15) is 5.56 Å². The normalized spacial score (nSPS) is 14.1. The van der Waals surface area contributed by atoms with Crippen molar-refractivity contribution in [3.05, 3.63) is 53.8 Å². The number of esters is 1. The molecule has 0 aliphatic carbocycles. The van der Waals surface area contributed by atoms with Crippen LogP contribution in [0.3, 0.4) is 0 Å². The number of nitrogens with zero attached hydrogens (tertiary/aromatic N) is 3. The summed E-state index contributed by atoms with van der Waals surface area (Å²) in [5.74, 6) is -0.897. The molecule has 3 rings (SSSR count). The highest BCUT2D eigenvalue weighted by molar-refractivity contribution is 6.08. The minimum absolute atomic E-state index is 0.112. The van der Waals surface area contributed by atoms with E-state index in [9.17, 15) is 9.59 Å². The van der Waals surface area contributed by atoms with Gasteiger partial charge in [-0.2, -0.15) is 0 Å². The van der Waals surface area contributed by atoms with E-state index in [-0.39, 0.29) is 36.9 Å². The van der Waals surface area contributed by atoms with Crippen LogP contribution in [0.5, 0.6) is 0 Å². The summed E-state index contributed by atoms with van der Waals surface area (Å²) in [6, 6.07) is 5.68. The first-order valence-electron chi connectivity index (χ1n) is 8.12. The molecular formula is C18H20N4O4. The van der Waals surface area contributed by atoms with Crippen molar-refractivity contribution in [1.29, 1.82) is 0 Å². The highest BCUT2D eigenvalue weighted by Gasteiger charge is 2.34. The number of ether oxygens (including phenoxy) is 1. The number of aliphatic hydroxyl groups excluding tert-OH is 1. The van der Waals surface area contributed by atoms with E-state index in [0.717, 1.165) is 11.3 Å². The van der Waals surface area contributed by atoms with E-state index in [0.29, 0.717) is 5.69 Å². The van der Waals surface area contributed by atoms with Gasteiger partial charge in [-0.05, 0) is 30.7 Å². The van der Waals surface area contributed by atoms with Crippen molar-refractivity contribution in [2.24, 2.45) is 0 Å². The first kappa shape index (κ1) is 17.7. The maximum absolute atomic E-state index is 12.6. The fourth-order valence-electron chi connectivity index (χ4n) is 2.84. The highest BCUT2D eigenvalue weighted by Crippen LogP contribution is 2.26. The molecule has 2 heterocycles. The van der Waals surface area contributed by atoms with Crippen LogP contribution in [0.25, 0.3) is 5.69 Å². The van der Waals surface area contributed by atoms with Crippen molar-refractivity contribution >= 4 is 17.6 Å². The molecule has 1 aliphatic heterocycles. The third kappa shape index (κ3) is 3.31. The number of β-amino-alcohol motifs (C(OH)–C–C–N with tert-alkyl or cyclic N) is 1. The van der Waals surface area contributed by atoms with E-state index in [1.807, 2.05) is 35.9 Å². The zero-order valence-electron chi connectivity index (χ0n) is 14.6. The van der Waals surface area contributed by atoms with Crippen LogP contribution in [0, 0.1) is 6.92 Å². The van der Waals surface area contributed by atoms with E-state index < -0.39 is 5.97 Å². The standard InChI is InChI=1S/C18H20N4O4/c1-12-9-13(22-6-5-19-11-22)3-4-15(12)20-16-14(18(25)26-2)10-21(7-8-23)17(16)24/h3-6,9,11,20,23H,7-8,10H2,1-2H3.